The van der Waals surface area contributed by atoms with E-state index in [9.17, 15) is 14.8 Å². The number of ether oxygens (including phenoxy) is 2. The Balaban J connectivity index is 2.33. The molecule has 2 rings (SSSR count). The van der Waals surface area contributed by atoms with Crippen molar-refractivity contribution >= 4 is 23.7 Å². The van der Waals surface area contributed by atoms with Crippen LogP contribution in [0, 0.1) is 5.21 Å². The molecule has 7 heteroatoms. The maximum absolute atomic E-state index is 11.7. The summed E-state index contributed by atoms with van der Waals surface area (Å²) in [5, 5.41) is 18.6. The summed E-state index contributed by atoms with van der Waals surface area (Å²) in [6.45, 7) is 2.90. The third-order valence-corrected chi connectivity index (χ3v) is 2.56. The number of benzene rings is 1. The second-order valence-electron chi connectivity index (χ2n) is 4.67. The van der Waals surface area contributed by atoms with Crippen LogP contribution < -0.4 is 5.23 Å². The summed E-state index contributed by atoms with van der Waals surface area (Å²) >= 11 is 0. The van der Waals surface area contributed by atoms with Gasteiger partial charge in [0.2, 0.25) is 0 Å². The fraction of sp³-hybridized carbons (Fsp3) is 0.231. The van der Waals surface area contributed by atoms with E-state index in [0.29, 0.717) is 5.56 Å². The SMILES string of the molecule is CC1(C)OC(=O)C(=Cc2cccc([NH+]([O-])O)c2)C(=O)O1. The monoisotopic (exact) mass is 279 g/mol. The Bertz CT molecular complexity index is 568. The third kappa shape index (κ3) is 3.02. The zero-order valence-corrected chi connectivity index (χ0v) is 10.9. The second kappa shape index (κ2) is 5.04. The van der Waals surface area contributed by atoms with Crippen LogP contribution >= 0.6 is 0 Å². The number of quaternary nitrogens is 1. The standard InChI is InChI=1S/C13H13NO6/c1-13(2)19-11(15)10(12(16)20-13)7-8-4-3-5-9(6-8)14(17)18/h3-7,14,17H,1-2H3. The number of carbonyl (C=O) groups excluding carboxylic acids is 2. The highest BCUT2D eigenvalue weighted by molar-refractivity contribution is 6.18. The summed E-state index contributed by atoms with van der Waals surface area (Å²) < 4.78 is 9.88. The molecule has 0 amide bonds. The van der Waals surface area contributed by atoms with Gasteiger partial charge in [-0.2, -0.15) is 5.23 Å². The zero-order valence-electron chi connectivity index (χ0n) is 10.9. The van der Waals surface area contributed by atoms with Gasteiger partial charge >= 0.3 is 11.9 Å². The summed E-state index contributed by atoms with van der Waals surface area (Å²) in [7, 11) is 0. The average Bonchev–Trinajstić information content (AvgIpc) is 2.33. The molecule has 1 heterocycles. The van der Waals surface area contributed by atoms with E-state index in [2.05, 4.69) is 0 Å². The van der Waals surface area contributed by atoms with E-state index >= 15 is 0 Å². The molecule has 1 saturated heterocycles. The minimum Gasteiger partial charge on any atom is -0.595 e. The van der Waals surface area contributed by atoms with Crippen LogP contribution in [-0.2, 0) is 19.1 Å². The molecule has 1 unspecified atom stereocenters. The lowest BCUT2D eigenvalue weighted by atomic mass is 10.1. The van der Waals surface area contributed by atoms with Gasteiger partial charge in [0, 0.05) is 26.0 Å². The van der Waals surface area contributed by atoms with Crippen molar-refractivity contribution in [2.45, 2.75) is 19.6 Å². The Hall–Kier alpha value is -2.22. The van der Waals surface area contributed by atoms with Crippen LogP contribution in [0.1, 0.15) is 19.4 Å². The molecule has 0 saturated carbocycles. The topological polar surface area (TPSA) is 100 Å². The highest BCUT2D eigenvalue weighted by Gasteiger charge is 2.38. The molecule has 2 N–H and O–H groups in total. The van der Waals surface area contributed by atoms with Crippen molar-refractivity contribution < 1.29 is 29.5 Å². The molecule has 7 nitrogen and oxygen atoms in total. The van der Waals surface area contributed by atoms with Crippen molar-refractivity contribution in [1.29, 1.82) is 0 Å². The third-order valence-electron chi connectivity index (χ3n) is 2.56. The molecule has 0 aromatic heterocycles. The van der Waals surface area contributed by atoms with Gasteiger partial charge in [0.1, 0.15) is 5.57 Å². The number of hydrogen-bond donors (Lipinski definition) is 2. The molecule has 0 radical (unpaired) electrons. The fourth-order valence-electron chi connectivity index (χ4n) is 1.71. The maximum Gasteiger partial charge on any atom is 0.348 e. The van der Waals surface area contributed by atoms with E-state index in [1.165, 1.54) is 38.1 Å². The summed E-state index contributed by atoms with van der Waals surface area (Å²) in [5.41, 5.74) is 0.178. The van der Waals surface area contributed by atoms with Crippen LogP contribution in [0.5, 0.6) is 0 Å². The number of nitrogens with one attached hydrogen (secondary N) is 1. The average molecular weight is 279 g/mol. The van der Waals surface area contributed by atoms with Crippen molar-refractivity contribution in [3.63, 3.8) is 0 Å². The quantitative estimate of drug-likeness (QED) is 0.350. The van der Waals surface area contributed by atoms with Gasteiger partial charge in [0.05, 0.1) is 0 Å². The molecule has 1 aliphatic rings. The second-order valence-corrected chi connectivity index (χ2v) is 4.67. The number of rotatable bonds is 2. The minimum absolute atomic E-state index is 0.0530. The largest absolute Gasteiger partial charge is 0.595 e. The van der Waals surface area contributed by atoms with E-state index in [0.717, 1.165) is 0 Å². The summed E-state index contributed by atoms with van der Waals surface area (Å²) in [5.74, 6) is -2.90. The lowest BCUT2D eigenvalue weighted by Crippen LogP contribution is -2.99. The molecule has 1 fully saturated rings. The van der Waals surface area contributed by atoms with E-state index in [1.807, 2.05) is 0 Å². The Morgan fingerprint density at radius 2 is 1.85 bits per heavy atom. The molecule has 20 heavy (non-hydrogen) atoms. The zero-order chi connectivity index (χ0) is 14.9. The molecule has 106 valence electrons. The van der Waals surface area contributed by atoms with Crippen LogP contribution in [0.15, 0.2) is 29.8 Å². The van der Waals surface area contributed by atoms with Gasteiger partial charge in [-0.05, 0) is 11.6 Å². The Kier molecular flexibility index (Phi) is 3.58. The van der Waals surface area contributed by atoms with Gasteiger partial charge in [-0.3, -0.25) is 0 Å². The maximum atomic E-state index is 11.7. The van der Waals surface area contributed by atoms with Gasteiger partial charge < -0.3 is 14.7 Å². The summed E-state index contributed by atoms with van der Waals surface area (Å²) in [6.07, 6.45) is 1.24. The van der Waals surface area contributed by atoms with Crippen molar-refractivity contribution in [2.24, 2.45) is 0 Å². The van der Waals surface area contributed by atoms with Crippen LogP contribution in [-0.4, -0.2) is 22.9 Å². The van der Waals surface area contributed by atoms with Crippen LogP contribution in [0.2, 0.25) is 0 Å². The van der Waals surface area contributed by atoms with Gasteiger partial charge in [0.15, 0.2) is 5.69 Å². The van der Waals surface area contributed by atoms with Crippen LogP contribution in [0.3, 0.4) is 0 Å². The van der Waals surface area contributed by atoms with E-state index in [4.69, 9.17) is 14.7 Å². The van der Waals surface area contributed by atoms with E-state index < -0.39 is 23.0 Å². The molecule has 0 spiro atoms. The molecular formula is C13H13NO6. The van der Waals surface area contributed by atoms with Crippen molar-refractivity contribution in [2.75, 3.05) is 0 Å². The Labute approximate surface area is 114 Å². The number of cyclic esters (lactones) is 2. The van der Waals surface area contributed by atoms with Crippen LogP contribution in [0.25, 0.3) is 6.08 Å². The minimum atomic E-state index is -1.30. The lowest BCUT2D eigenvalue weighted by molar-refractivity contribution is -0.991. The predicted octanol–water partition coefficient (Wildman–Crippen LogP) is 0.309. The van der Waals surface area contributed by atoms with Crippen molar-refractivity contribution in [1.82, 2.24) is 0 Å². The van der Waals surface area contributed by atoms with Crippen molar-refractivity contribution in [3.05, 3.63) is 40.6 Å². The molecule has 1 aliphatic heterocycles. The predicted molar refractivity (Wildman–Crippen MR) is 66.5 cm³/mol. The first-order valence-corrected chi connectivity index (χ1v) is 5.80. The van der Waals surface area contributed by atoms with Gasteiger partial charge in [0.25, 0.3) is 5.79 Å². The highest BCUT2D eigenvalue weighted by atomic mass is 16.8. The molecular weight excluding hydrogens is 266 g/mol. The fourth-order valence-corrected chi connectivity index (χ4v) is 1.71. The first kappa shape index (κ1) is 14.2. The summed E-state index contributed by atoms with van der Waals surface area (Å²) in [4.78, 5) is 23.5. The van der Waals surface area contributed by atoms with Crippen molar-refractivity contribution in [3.8, 4) is 0 Å². The highest BCUT2D eigenvalue weighted by Crippen LogP contribution is 2.24. The van der Waals surface area contributed by atoms with E-state index in [1.54, 1.807) is 6.07 Å². The van der Waals surface area contributed by atoms with Gasteiger partial charge in [-0.1, -0.05) is 12.1 Å². The molecule has 1 aromatic rings. The first-order valence-electron chi connectivity index (χ1n) is 5.80. The number of hydrogen-bond acceptors (Lipinski definition) is 6. The molecule has 0 bridgehead atoms. The van der Waals surface area contributed by atoms with Gasteiger partial charge in [-0.25, -0.2) is 14.8 Å². The van der Waals surface area contributed by atoms with Gasteiger partial charge in [-0.15, -0.1) is 0 Å². The normalized spacial score (nSPS) is 19.1. The summed E-state index contributed by atoms with van der Waals surface area (Å²) in [6, 6.07) is 5.83. The molecule has 1 aromatic carbocycles. The smallest absolute Gasteiger partial charge is 0.348 e. The lowest BCUT2D eigenvalue weighted by Gasteiger charge is -2.29. The number of carbonyl (C=O) groups is 2. The van der Waals surface area contributed by atoms with E-state index in [-0.39, 0.29) is 11.3 Å². The Morgan fingerprint density at radius 3 is 2.40 bits per heavy atom. The Morgan fingerprint density at radius 1 is 1.25 bits per heavy atom. The van der Waals surface area contributed by atoms with Crippen LogP contribution in [0.4, 0.5) is 5.69 Å². The first-order chi connectivity index (χ1) is 9.28. The molecule has 1 atom stereocenters. The molecule has 0 aliphatic carbocycles. The number of esters is 2.